The van der Waals surface area contributed by atoms with Crippen molar-refractivity contribution in [2.45, 2.75) is 12.8 Å². The highest BCUT2D eigenvalue weighted by atomic mass is 15.1. The van der Waals surface area contributed by atoms with Gasteiger partial charge in [-0.3, -0.25) is 0 Å². The van der Waals surface area contributed by atoms with Crippen molar-refractivity contribution in [1.29, 1.82) is 0 Å². The Morgan fingerprint density at radius 1 is 0.353 bits per heavy atom. The second-order valence-corrected chi connectivity index (χ2v) is 17.4. The van der Waals surface area contributed by atoms with Gasteiger partial charge in [-0.05, 0) is 94.8 Å². The molecule has 5 nitrogen and oxygen atoms in total. The van der Waals surface area contributed by atoms with Crippen molar-refractivity contribution >= 4 is 49.2 Å². The summed E-state index contributed by atoms with van der Waals surface area (Å²) in [5.41, 5.74) is 16.6. The number of fused-ring (bicyclic) bond motifs is 6. The van der Waals surface area contributed by atoms with Crippen LogP contribution in [0.2, 0.25) is 0 Å². The molecular formula is C63H43N5. The van der Waals surface area contributed by atoms with Crippen molar-refractivity contribution < 1.29 is 0 Å². The normalized spacial score (nSPS) is 12.6. The molecule has 0 atom stereocenters. The fraction of sp³-hybridized carbons (Fsp3) is 0.0317. The van der Waals surface area contributed by atoms with Crippen LogP contribution < -0.4 is 0 Å². The van der Waals surface area contributed by atoms with Crippen LogP contribution in [0.25, 0.3) is 117 Å². The van der Waals surface area contributed by atoms with Gasteiger partial charge in [-0.15, -0.1) is 0 Å². The van der Waals surface area contributed by atoms with E-state index in [1.165, 1.54) is 54.8 Å². The van der Waals surface area contributed by atoms with E-state index in [-0.39, 0.29) is 0 Å². The summed E-state index contributed by atoms with van der Waals surface area (Å²) >= 11 is 0. The molecule has 12 aromatic rings. The Labute approximate surface area is 394 Å². The molecule has 0 amide bonds. The van der Waals surface area contributed by atoms with Crippen molar-refractivity contribution in [2.75, 3.05) is 0 Å². The van der Waals surface area contributed by atoms with Gasteiger partial charge in [-0.25, -0.2) is 15.0 Å². The quantitative estimate of drug-likeness (QED) is 0.153. The number of hydrogen-bond donors (Lipinski definition) is 0. The average molecular weight is 870 g/mol. The Bertz CT molecular complexity index is 3950. The van der Waals surface area contributed by atoms with Crippen LogP contribution in [-0.2, 0) is 0 Å². The fourth-order valence-electron chi connectivity index (χ4n) is 10.4. The van der Waals surface area contributed by atoms with Crippen molar-refractivity contribution in [3.8, 4) is 67.8 Å². The molecule has 0 saturated heterocycles. The maximum atomic E-state index is 5.41. The lowest BCUT2D eigenvalue weighted by atomic mass is 9.94. The number of hydrogen-bond acceptors (Lipinski definition) is 3. The number of aromatic nitrogens is 5. The van der Waals surface area contributed by atoms with Crippen molar-refractivity contribution in [1.82, 2.24) is 24.1 Å². The molecule has 0 unspecified atom stereocenters. The molecule has 0 spiro atoms. The molecule has 320 valence electrons. The average Bonchev–Trinajstić information content (AvgIpc) is 3.94. The molecule has 0 bridgehead atoms. The monoisotopic (exact) mass is 869 g/mol. The van der Waals surface area contributed by atoms with Gasteiger partial charge in [0.1, 0.15) is 0 Å². The van der Waals surface area contributed by atoms with E-state index < -0.39 is 0 Å². The molecule has 9 aromatic carbocycles. The summed E-state index contributed by atoms with van der Waals surface area (Å²) in [6, 6.07) is 77.8. The smallest absolute Gasteiger partial charge is 0.166 e. The maximum absolute atomic E-state index is 5.41. The third-order valence-corrected chi connectivity index (χ3v) is 13.5. The summed E-state index contributed by atoms with van der Waals surface area (Å²) in [5.74, 6) is 1.85. The highest BCUT2D eigenvalue weighted by Crippen LogP contribution is 2.45. The highest BCUT2D eigenvalue weighted by molar-refractivity contribution is 6.22. The van der Waals surface area contributed by atoms with E-state index in [1.807, 2.05) is 24.3 Å². The molecule has 5 heteroatoms. The summed E-state index contributed by atoms with van der Waals surface area (Å²) in [6.07, 6.45) is 8.74. The van der Waals surface area contributed by atoms with E-state index in [1.54, 1.807) is 0 Å². The number of benzene rings is 9. The van der Waals surface area contributed by atoms with Gasteiger partial charge in [-0.1, -0.05) is 188 Å². The molecule has 13 rings (SSSR count). The molecule has 1 aliphatic rings. The Morgan fingerprint density at radius 3 is 1.62 bits per heavy atom. The summed E-state index contributed by atoms with van der Waals surface area (Å²) in [5, 5.41) is 4.84. The number of allylic oxidation sites excluding steroid dienone is 4. The van der Waals surface area contributed by atoms with Crippen LogP contribution in [0.4, 0.5) is 0 Å². The Kier molecular flexibility index (Phi) is 9.57. The summed E-state index contributed by atoms with van der Waals surface area (Å²) < 4.78 is 4.85. The third kappa shape index (κ3) is 6.58. The zero-order valence-corrected chi connectivity index (χ0v) is 37.2. The standard InChI is InChI=1S/C63H43N5/c1-5-21-42(22-6-1)45-39-40-52-58(41-45)68(57-38-20-34-49(60(52)57)48-33-19-37-56-59(48)51-31-15-17-35-54(51)67(56)46-27-11-4-12-28-46)55-36-18-16-32-53(55)63-65-61(44-25-9-3-10-26-44)64-62(66-63)50-30-14-13-29-47(50)43-23-7-2-8-24-43/h1-5,7-21,23-41H,6,22H2. The Hall–Kier alpha value is -8.93. The lowest BCUT2D eigenvalue weighted by Gasteiger charge is -2.16. The lowest BCUT2D eigenvalue weighted by molar-refractivity contribution is 1.05. The van der Waals surface area contributed by atoms with Gasteiger partial charge >= 0.3 is 0 Å². The lowest BCUT2D eigenvalue weighted by Crippen LogP contribution is -2.04. The molecule has 68 heavy (non-hydrogen) atoms. The molecule has 3 aromatic heterocycles. The molecule has 0 fully saturated rings. The molecule has 1 aliphatic carbocycles. The van der Waals surface area contributed by atoms with E-state index >= 15 is 0 Å². The highest BCUT2D eigenvalue weighted by Gasteiger charge is 2.24. The second kappa shape index (κ2) is 16.5. The molecular weight excluding hydrogens is 827 g/mol. The first-order valence-corrected chi connectivity index (χ1v) is 23.3. The number of para-hydroxylation sites is 3. The number of nitrogens with zero attached hydrogens (tertiary/aromatic N) is 5. The van der Waals surface area contributed by atoms with E-state index in [0.717, 1.165) is 63.1 Å². The minimum absolute atomic E-state index is 0.605. The van der Waals surface area contributed by atoms with Crippen LogP contribution in [0.1, 0.15) is 18.4 Å². The zero-order chi connectivity index (χ0) is 45.0. The molecule has 3 heterocycles. The fourth-order valence-corrected chi connectivity index (χ4v) is 10.4. The van der Waals surface area contributed by atoms with Crippen molar-refractivity contribution in [3.63, 3.8) is 0 Å². The molecule has 0 N–H and O–H groups in total. The molecule has 0 radical (unpaired) electrons. The first-order valence-electron chi connectivity index (χ1n) is 23.3. The largest absolute Gasteiger partial charge is 0.309 e. The van der Waals surface area contributed by atoms with Crippen LogP contribution in [0.15, 0.2) is 237 Å². The van der Waals surface area contributed by atoms with E-state index in [4.69, 9.17) is 15.0 Å². The van der Waals surface area contributed by atoms with Gasteiger partial charge in [0.05, 0.1) is 27.8 Å². The maximum Gasteiger partial charge on any atom is 0.166 e. The summed E-state index contributed by atoms with van der Waals surface area (Å²) in [4.78, 5) is 15.9. The van der Waals surface area contributed by atoms with Gasteiger partial charge in [0, 0.05) is 43.9 Å². The molecule has 0 aliphatic heterocycles. The predicted molar refractivity (Wildman–Crippen MR) is 282 cm³/mol. The van der Waals surface area contributed by atoms with Gasteiger partial charge in [0.25, 0.3) is 0 Å². The third-order valence-electron chi connectivity index (χ3n) is 13.5. The zero-order valence-electron chi connectivity index (χ0n) is 37.2. The SMILES string of the molecule is C1=CCCC(c2ccc3c4c(-c5cccc6c5c5ccccc5n6-c5ccccc5)cccc4n(-c4ccccc4-c4nc(-c5ccccc5)nc(-c5ccccc5-c5ccccc5)n4)c3c2)=C1. The van der Waals surface area contributed by atoms with Crippen LogP contribution in [0, 0.1) is 0 Å². The van der Waals surface area contributed by atoms with Crippen molar-refractivity contribution in [3.05, 3.63) is 242 Å². The van der Waals surface area contributed by atoms with E-state index in [2.05, 4.69) is 221 Å². The van der Waals surface area contributed by atoms with Crippen LogP contribution in [0.5, 0.6) is 0 Å². The minimum Gasteiger partial charge on any atom is -0.309 e. The van der Waals surface area contributed by atoms with Gasteiger partial charge < -0.3 is 9.13 Å². The van der Waals surface area contributed by atoms with Crippen molar-refractivity contribution in [2.24, 2.45) is 0 Å². The van der Waals surface area contributed by atoms with E-state index in [0.29, 0.717) is 17.5 Å². The summed E-state index contributed by atoms with van der Waals surface area (Å²) in [7, 11) is 0. The first kappa shape index (κ1) is 39.4. The number of rotatable bonds is 8. The minimum atomic E-state index is 0.605. The van der Waals surface area contributed by atoms with Crippen LogP contribution in [-0.4, -0.2) is 24.1 Å². The molecule has 0 saturated carbocycles. The Morgan fingerprint density at radius 2 is 0.897 bits per heavy atom. The first-order chi connectivity index (χ1) is 33.8. The van der Waals surface area contributed by atoms with E-state index in [9.17, 15) is 0 Å². The predicted octanol–water partition coefficient (Wildman–Crippen LogP) is 16.1. The van der Waals surface area contributed by atoms with Crippen LogP contribution >= 0.6 is 0 Å². The van der Waals surface area contributed by atoms with Crippen LogP contribution in [0.3, 0.4) is 0 Å². The summed E-state index contributed by atoms with van der Waals surface area (Å²) in [6.45, 7) is 0. The van der Waals surface area contributed by atoms with Gasteiger partial charge in [0.15, 0.2) is 17.5 Å². The van der Waals surface area contributed by atoms with Gasteiger partial charge in [0.2, 0.25) is 0 Å². The van der Waals surface area contributed by atoms with Gasteiger partial charge in [-0.2, -0.15) is 0 Å². The Balaban J connectivity index is 1.09. The topological polar surface area (TPSA) is 48.5 Å². The second-order valence-electron chi connectivity index (χ2n) is 17.4.